The van der Waals surface area contributed by atoms with Gasteiger partial charge < -0.3 is 9.64 Å². The first kappa shape index (κ1) is 16.6. The Morgan fingerprint density at radius 3 is 2.68 bits per heavy atom. The van der Waals surface area contributed by atoms with Crippen LogP contribution in [-0.2, 0) is 14.3 Å². The minimum Gasteiger partial charge on any atom is -0.466 e. The van der Waals surface area contributed by atoms with Crippen LogP contribution < -0.4 is 0 Å². The van der Waals surface area contributed by atoms with E-state index >= 15 is 0 Å². The minimum absolute atomic E-state index is 0.0110. The average molecular weight is 322 g/mol. The predicted octanol–water partition coefficient (Wildman–Crippen LogP) is 3.51. The summed E-state index contributed by atoms with van der Waals surface area (Å²) >= 11 is 6.26. The summed E-state index contributed by atoms with van der Waals surface area (Å²) in [5.41, 5.74) is 1.96. The molecule has 0 radical (unpaired) electrons. The molecule has 22 heavy (non-hydrogen) atoms. The van der Waals surface area contributed by atoms with E-state index in [9.17, 15) is 9.59 Å². The Balaban J connectivity index is 2.56. The van der Waals surface area contributed by atoms with Gasteiger partial charge >= 0.3 is 5.97 Å². The van der Waals surface area contributed by atoms with Gasteiger partial charge in [-0.2, -0.15) is 0 Å². The second-order valence-corrected chi connectivity index (χ2v) is 5.72. The molecule has 0 aliphatic carbocycles. The highest BCUT2D eigenvalue weighted by Gasteiger charge is 2.37. The summed E-state index contributed by atoms with van der Waals surface area (Å²) in [6.07, 6.45) is 1.06. The van der Waals surface area contributed by atoms with Gasteiger partial charge in [-0.3, -0.25) is 4.79 Å². The first-order valence-corrected chi connectivity index (χ1v) is 7.72. The van der Waals surface area contributed by atoms with Crippen LogP contribution in [0.25, 0.3) is 0 Å². The van der Waals surface area contributed by atoms with Crippen molar-refractivity contribution in [2.24, 2.45) is 0 Å². The number of allylic oxidation sites excluding steroid dienone is 1. The molecule has 1 aromatic rings. The van der Waals surface area contributed by atoms with E-state index in [1.807, 2.05) is 25.1 Å². The molecule has 0 fully saturated rings. The second-order valence-electron chi connectivity index (χ2n) is 5.31. The molecule has 0 saturated carbocycles. The largest absolute Gasteiger partial charge is 0.466 e. The molecule has 1 amide bonds. The number of esters is 1. The van der Waals surface area contributed by atoms with Crippen LogP contribution in [0.15, 0.2) is 35.5 Å². The van der Waals surface area contributed by atoms with Crippen LogP contribution in [0.4, 0.5) is 0 Å². The van der Waals surface area contributed by atoms with Crippen molar-refractivity contribution in [3.05, 3.63) is 46.1 Å². The summed E-state index contributed by atoms with van der Waals surface area (Å²) in [5, 5.41) is 0.554. The third-order valence-corrected chi connectivity index (χ3v) is 4.30. The van der Waals surface area contributed by atoms with Gasteiger partial charge in [-0.15, -0.1) is 0 Å². The van der Waals surface area contributed by atoms with Gasteiger partial charge in [0.2, 0.25) is 5.91 Å². The minimum atomic E-state index is -0.406. The van der Waals surface area contributed by atoms with Gasteiger partial charge in [0.25, 0.3) is 0 Å². The fourth-order valence-electron chi connectivity index (χ4n) is 2.91. The molecule has 4 nitrogen and oxygen atoms in total. The molecule has 0 spiro atoms. The number of rotatable bonds is 4. The van der Waals surface area contributed by atoms with Crippen LogP contribution in [-0.4, -0.2) is 30.4 Å². The smallest absolute Gasteiger partial charge is 0.336 e. The number of hydrogen-bond acceptors (Lipinski definition) is 3. The normalized spacial score (nSPS) is 18.6. The maximum absolute atomic E-state index is 12.4. The van der Waals surface area contributed by atoms with Crippen molar-refractivity contribution in [3.8, 4) is 0 Å². The zero-order valence-electron chi connectivity index (χ0n) is 13.1. The van der Waals surface area contributed by atoms with E-state index in [4.69, 9.17) is 16.3 Å². The molecule has 1 aliphatic heterocycles. The molecule has 1 aliphatic rings. The number of benzene rings is 1. The maximum atomic E-state index is 12.4. The summed E-state index contributed by atoms with van der Waals surface area (Å²) in [5.74, 6) is -0.755. The molecular weight excluding hydrogens is 302 g/mol. The second kappa shape index (κ2) is 6.97. The number of methoxy groups -OCH3 is 1. The third kappa shape index (κ3) is 3.02. The van der Waals surface area contributed by atoms with Crippen LogP contribution in [0.2, 0.25) is 5.02 Å². The van der Waals surface area contributed by atoms with Gasteiger partial charge in [-0.25, -0.2) is 4.79 Å². The molecular formula is C17H20ClNO3. The van der Waals surface area contributed by atoms with E-state index in [0.717, 1.165) is 12.0 Å². The topological polar surface area (TPSA) is 46.6 Å². The predicted molar refractivity (Wildman–Crippen MR) is 85.5 cm³/mol. The first-order chi connectivity index (χ1) is 10.5. The highest BCUT2D eigenvalue weighted by atomic mass is 35.5. The van der Waals surface area contributed by atoms with Crippen molar-refractivity contribution in [1.82, 2.24) is 4.90 Å². The van der Waals surface area contributed by atoms with Gasteiger partial charge in [0.1, 0.15) is 0 Å². The van der Waals surface area contributed by atoms with Crippen molar-refractivity contribution in [3.63, 3.8) is 0 Å². The summed E-state index contributed by atoms with van der Waals surface area (Å²) < 4.78 is 4.94. The average Bonchev–Trinajstić information content (AvgIpc) is 2.50. The lowest BCUT2D eigenvalue weighted by molar-refractivity contribution is -0.137. The zero-order valence-corrected chi connectivity index (χ0v) is 13.8. The van der Waals surface area contributed by atoms with Crippen molar-refractivity contribution >= 4 is 23.5 Å². The fraction of sp³-hybridized carbons (Fsp3) is 0.412. The SMILES string of the molecule is CCCN1C(=O)C[C@@H](c2ccccc2Cl)C(C(=O)OC)=C1C. The van der Waals surface area contributed by atoms with Crippen LogP contribution >= 0.6 is 11.6 Å². The molecule has 1 heterocycles. The summed E-state index contributed by atoms with van der Waals surface area (Å²) in [7, 11) is 1.35. The Morgan fingerprint density at radius 1 is 1.41 bits per heavy atom. The van der Waals surface area contributed by atoms with E-state index in [1.165, 1.54) is 7.11 Å². The summed E-state index contributed by atoms with van der Waals surface area (Å²) in [6.45, 7) is 4.39. The van der Waals surface area contributed by atoms with Crippen molar-refractivity contribution in [2.75, 3.05) is 13.7 Å². The highest BCUT2D eigenvalue weighted by molar-refractivity contribution is 6.31. The molecule has 0 aromatic heterocycles. The number of halogens is 1. The molecule has 0 saturated heterocycles. The van der Waals surface area contributed by atoms with Gasteiger partial charge in [0.15, 0.2) is 0 Å². The monoisotopic (exact) mass is 321 g/mol. The van der Waals surface area contributed by atoms with E-state index in [0.29, 0.717) is 22.8 Å². The lowest BCUT2D eigenvalue weighted by Crippen LogP contribution is -2.38. The number of carbonyl (C=O) groups is 2. The molecule has 1 atom stereocenters. The standard InChI is InChI=1S/C17H20ClNO3/c1-4-9-19-11(2)16(17(21)22-3)13(10-15(19)20)12-7-5-6-8-14(12)18/h5-8,13H,4,9-10H2,1-3H3/t13-/m0/s1. The Bertz CT molecular complexity index is 624. The quantitative estimate of drug-likeness (QED) is 0.797. The van der Waals surface area contributed by atoms with Gasteiger partial charge in [-0.05, 0) is 25.0 Å². The Hall–Kier alpha value is -1.81. The Labute approximate surface area is 135 Å². The van der Waals surface area contributed by atoms with Crippen LogP contribution in [0.1, 0.15) is 38.2 Å². The van der Waals surface area contributed by atoms with Crippen LogP contribution in [0.3, 0.4) is 0 Å². The molecule has 2 rings (SSSR count). The van der Waals surface area contributed by atoms with Gasteiger partial charge in [-0.1, -0.05) is 36.7 Å². The fourth-order valence-corrected chi connectivity index (χ4v) is 3.18. The molecule has 118 valence electrons. The number of amides is 1. The van der Waals surface area contributed by atoms with Crippen molar-refractivity contribution < 1.29 is 14.3 Å². The molecule has 1 aromatic carbocycles. The number of nitrogens with zero attached hydrogens (tertiary/aromatic N) is 1. The van der Waals surface area contributed by atoms with E-state index in [-0.39, 0.29) is 18.2 Å². The lowest BCUT2D eigenvalue weighted by atomic mass is 9.83. The van der Waals surface area contributed by atoms with Crippen LogP contribution in [0, 0.1) is 0 Å². The van der Waals surface area contributed by atoms with Gasteiger partial charge in [0.05, 0.1) is 12.7 Å². The van der Waals surface area contributed by atoms with Crippen molar-refractivity contribution in [1.29, 1.82) is 0 Å². The number of ether oxygens (including phenoxy) is 1. The molecule has 0 bridgehead atoms. The zero-order chi connectivity index (χ0) is 16.3. The maximum Gasteiger partial charge on any atom is 0.336 e. The molecule has 0 N–H and O–H groups in total. The van der Waals surface area contributed by atoms with Crippen LogP contribution in [0.5, 0.6) is 0 Å². The van der Waals surface area contributed by atoms with E-state index in [1.54, 1.807) is 17.9 Å². The summed E-state index contributed by atoms with van der Waals surface area (Å²) in [6, 6.07) is 7.30. The van der Waals surface area contributed by atoms with E-state index < -0.39 is 5.97 Å². The van der Waals surface area contributed by atoms with Gasteiger partial charge in [0, 0.05) is 29.6 Å². The highest BCUT2D eigenvalue weighted by Crippen LogP contribution is 2.39. The Morgan fingerprint density at radius 2 is 2.09 bits per heavy atom. The summed E-state index contributed by atoms with van der Waals surface area (Å²) in [4.78, 5) is 26.4. The number of carbonyl (C=O) groups excluding carboxylic acids is 2. The molecule has 5 heteroatoms. The first-order valence-electron chi connectivity index (χ1n) is 7.35. The number of hydrogen-bond donors (Lipinski definition) is 0. The Kier molecular flexibility index (Phi) is 5.24. The molecule has 0 unspecified atom stereocenters. The van der Waals surface area contributed by atoms with Crippen molar-refractivity contribution in [2.45, 2.75) is 32.6 Å². The third-order valence-electron chi connectivity index (χ3n) is 3.96. The lowest BCUT2D eigenvalue weighted by Gasteiger charge is -2.34. The van der Waals surface area contributed by atoms with E-state index in [2.05, 4.69) is 0 Å².